The molecule has 0 bridgehead atoms. The molecule has 1 fully saturated rings. The third-order valence-electron chi connectivity index (χ3n) is 3.18. The fourth-order valence-corrected chi connectivity index (χ4v) is 2.71. The van der Waals surface area contributed by atoms with Crippen LogP contribution in [0.4, 0.5) is 10.1 Å². The molecule has 0 spiro atoms. The fourth-order valence-electron chi connectivity index (χ4n) is 2.18. The Bertz CT molecular complexity index is 670. The van der Waals surface area contributed by atoms with Crippen molar-refractivity contribution in [2.75, 3.05) is 24.6 Å². The summed E-state index contributed by atoms with van der Waals surface area (Å²) in [6.07, 6.45) is 0. The number of nitrogens with two attached hydrogens (primary N) is 1. The lowest BCUT2D eigenvalue weighted by atomic mass is 9.95. The Kier molecular flexibility index (Phi) is 3.91. The van der Waals surface area contributed by atoms with Gasteiger partial charge in [0.05, 0.1) is 10.6 Å². The lowest BCUT2D eigenvalue weighted by Crippen LogP contribution is -2.62. The van der Waals surface area contributed by atoms with E-state index in [9.17, 15) is 17.6 Å². The molecule has 0 aliphatic carbocycles. The first-order valence-electron chi connectivity index (χ1n) is 6.04. The highest BCUT2D eigenvalue weighted by molar-refractivity contribution is 7.89. The first-order chi connectivity index (χ1) is 9.61. The van der Waals surface area contributed by atoms with Crippen molar-refractivity contribution < 1.29 is 27.4 Å². The van der Waals surface area contributed by atoms with Gasteiger partial charge in [-0.05, 0) is 25.1 Å². The predicted octanol–water partition coefficient (Wildman–Crippen LogP) is 0.153. The molecule has 1 aromatic carbocycles. The Balaban J connectivity index is 2.07. The molecule has 0 saturated carbocycles. The molecule has 0 aromatic heterocycles. The van der Waals surface area contributed by atoms with E-state index in [1.54, 1.807) is 11.8 Å². The summed E-state index contributed by atoms with van der Waals surface area (Å²) < 4.78 is 41.4. The monoisotopic (exact) mass is 318 g/mol. The van der Waals surface area contributed by atoms with Crippen LogP contribution in [0.25, 0.3) is 0 Å². The van der Waals surface area contributed by atoms with E-state index in [4.69, 9.17) is 15.0 Å². The maximum Gasteiger partial charge on any atom is 0.329 e. The maximum atomic E-state index is 13.9. The van der Waals surface area contributed by atoms with E-state index in [1.165, 1.54) is 12.1 Å². The molecular formula is C12H15FN2O5S. The number of hydrogen-bond donors (Lipinski definition) is 2. The number of nitrogens with zero attached hydrogens (tertiary/aromatic N) is 1. The van der Waals surface area contributed by atoms with Gasteiger partial charge in [-0.3, -0.25) is 0 Å². The average molecular weight is 318 g/mol. The van der Waals surface area contributed by atoms with E-state index in [1.807, 2.05) is 0 Å². The van der Waals surface area contributed by atoms with Gasteiger partial charge in [0.25, 0.3) is 0 Å². The molecule has 116 valence electrons. The molecule has 1 aliphatic rings. The number of hydrogen-bond acceptors (Lipinski definition) is 5. The van der Waals surface area contributed by atoms with Crippen LogP contribution in [0.3, 0.4) is 0 Å². The van der Waals surface area contributed by atoms with Gasteiger partial charge in [0.15, 0.2) is 0 Å². The largest absolute Gasteiger partial charge is 0.480 e. The SMILES string of the molecule is CC1(OCC(=O)O)CN(c2ccc(S(N)(=O)=O)cc2F)C1. The van der Waals surface area contributed by atoms with E-state index in [2.05, 4.69) is 0 Å². The van der Waals surface area contributed by atoms with E-state index < -0.39 is 34.0 Å². The third-order valence-corrected chi connectivity index (χ3v) is 4.09. The zero-order chi connectivity index (χ0) is 15.8. The normalized spacial score (nSPS) is 17.4. The molecule has 1 saturated heterocycles. The van der Waals surface area contributed by atoms with Crippen LogP contribution >= 0.6 is 0 Å². The summed E-state index contributed by atoms with van der Waals surface area (Å²) in [6, 6.07) is 3.41. The number of carbonyl (C=O) groups is 1. The Morgan fingerprint density at radius 3 is 2.62 bits per heavy atom. The van der Waals surface area contributed by atoms with Crippen LogP contribution in [0.5, 0.6) is 0 Å². The summed E-state index contributed by atoms with van der Waals surface area (Å²) in [7, 11) is -3.95. The Morgan fingerprint density at radius 1 is 1.52 bits per heavy atom. The van der Waals surface area contributed by atoms with Crippen LogP contribution in [-0.2, 0) is 19.6 Å². The third kappa shape index (κ3) is 3.49. The summed E-state index contributed by atoms with van der Waals surface area (Å²) in [6.45, 7) is 1.93. The van der Waals surface area contributed by atoms with Gasteiger partial charge in [0.2, 0.25) is 10.0 Å². The van der Waals surface area contributed by atoms with Crippen LogP contribution in [0.15, 0.2) is 23.1 Å². The first kappa shape index (κ1) is 15.7. The molecule has 0 unspecified atom stereocenters. The molecule has 9 heteroatoms. The van der Waals surface area contributed by atoms with E-state index in [0.29, 0.717) is 13.1 Å². The number of aliphatic carboxylic acids is 1. The van der Waals surface area contributed by atoms with Crippen molar-refractivity contribution in [3.8, 4) is 0 Å². The number of carboxylic acid groups (broad SMARTS) is 1. The standard InChI is InChI=1S/C12H15FN2O5S/c1-12(20-5-11(16)17)6-15(7-12)10-3-2-8(4-9(10)13)21(14,18)19/h2-4H,5-7H2,1H3,(H,16,17)(H2,14,18,19). The minimum atomic E-state index is -3.95. The molecule has 7 nitrogen and oxygen atoms in total. The molecule has 0 amide bonds. The van der Waals surface area contributed by atoms with E-state index in [0.717, 1.165) is 6.07 Å². The van der Waals surface area contributed by atoms with Crippen LogP contribution in [0.1, 0.15) is 6.92 Å². The second kappa shape index (κ2) is 5.24. The number of benzene rings is 1. The topological polar surface area (TPSA) is 110 Å². The summed E-state index contributed by atoms with van der Waals surface area (Å²) >= 11 is 0. The molecule has 3 N–H and O–H groups in total. The van der Waals surface area contributed by atoms with Gasteiger partial charge in [0.1, 0.15) is 18.0 Å². The van der Waals surface area contributed by atoms with Gasteiger partial charge in [-0.25, -0.2) is 22.7 Å². The van der Waals surface area contributed by atoms with Crippen LogP contribution in [0.2, 0.25) is 0 Å². The Morgan fingerprint density at radius 2 is 2.14 bits per heavy atom. The lowest BCUT2D eigenvalue weighted by Gasteiger charge is -2.48. The summed E-state index contributed by atoms with van der Waals surface area (Å²) in [5.41, 5.74) is -0.442. The molecular weight excluding hydrogens is 303 g/mol. The zero-order valence-corrected chi connectivity index (χ0v) is 12.1. The van der Waals surface area contributed by atoms with Gasteiger partial charge in [0, 0.05) is 13.1 Å². The van der Waals surface area contributed by atoms with Gasteiger partial charge in [-0.1, -0.05) is 0 Å². The van der Waals surface area contributed by atoms with Crippen molar-refractivity contribution in [1.82, 2.24) is 0 Å². The predicted molar refractivity (Wildman–Crippen MR) is 72.0 cm³/mol. The minimum Gasteiger partial charge on any atom is -0.480 e. The highest BCUT2D eigenvalue weighted by atomic mass is 32.2. The molecule has 21 heavy (non-hydrogen) atoms. The smallest absolute Gasteiger partial charge is 0.329 e. The minimum absolute atomic E-state index is 0.221. The van der Waals surface area contributed by atoms with Gasteiger partial charge in [-0.2, -0.15) is 0 Å². The van der Waals surface area contributed by atoms with Crippen molar-refractivity contribution in [2.24, 2.45) is 5.14 Å². The van der Waals surface area contributed by atoms with Crippen LogP contribution in [-0.4, -0.2) is 44.8 Å². The zero-order valence-electron chi connectivity index (χ0n) is 11.2. The molecule has 1 heterocycles. The van der Waals surface area contributed by atoms with Crippen molar-refractivity contribution in [2.45, 2.75) is 17.4 Å². The lowest BCUT2D eigenvalue weighted by molar-refractivity contribution is -0.150. The summed E-state index contributed by atoms with van der Waals surface area (Å²) in [5.74, 6) is -1.78. The Hall–Kier alpha value is -1.71. The van der Waals surface area contributed by atoms with Crippen molar-refractivity contribution in [1.29, 1.82) is 0 Å². The van der Waals surface area contributed by atoms with Gasteiger partial charge >= 0.3 is 5.97 Å². The average Bonchev–Trinajstić information content (AvgIpc) is 2.32. The Labute approximate surface area is 121 Å². The summed E-state index contributed by atoms with van der Waals surface area (Å²) in [5, 5.41) is 13.5. The highest BCUT2D eigenvalue weighted by Gasteiger charge is 2.41. The number of ether oxygens (including phenoxy) is 1. The highest BCUT2D eigenvalue weighted by Crippen LogP contribution is 2.32. The molecule has 0 atom stereocenters. The van der Waals surface area contributed by atoms with E-state index >= 15 is 0 Å². The fraction of sp³-hybridized carbons (Fsp3) is 0.417. The number of rotatable bonds is 5. The van der Waals surface area contributed by atoms with E-state index in [-0.39, 0.29) is 10.6 Å². The molecule has 2 rings (SSSR count). The molecule has 1 aromatic rings. The first-order valence-corrected chi connectivity index (χ1v) is 7.58. The quantitative estimate of drug-likeness (QED) is 0.800. The number of carboxylic acids is 1. The summed E-state index contributed by atoms with van der Waals surface area (Å²) in [4.78, 5) is 11.8. The van der Waals surface area contributed by atoms with Crippen LogP contribution < -0.4 is 10.0 Å². The second-order valence-electron chi connectivity index (χ2n) is 5.15. The maximum absolute atomic E-state index is 13.9. The van der Waals surface area contributed by atoms with Crippen molar-refractivity contribution >= 4 is 21.7 Å². The molecule has 1 aliphatic heterocycles. The number of primary sulfonamides is 1. The van der Waals surface area contributed by atoms with Gasteiger partial charge < -0.3 is 14.7 Å². The number of halogens is 1. The van der Waals surface area contributed by atoms with Gasteiger partial charge in [-0.15, -0.1) is 0 Å². The number of anilines is 1. The molecule has 0 radical (unpaired) electrons. The van der Waals surface area contributed by atoms with Crippen molar-refractivity contribution in [3.63, 3.8) is 0 Å². The van der Waals surface area contributed by atoms with Crippen molar-refractivity contribution in [3.05, 3.63) is 24.0 Å². The van der Waals surface area contributed by atoms with Crippen LogP contribution in [0, 0.1) is 5.82 Å². The number of sulfonamides is 1. The second-order valence-corrected chi connectivity index (χ2v) is 6.71.